The number of aromatic nitrogens is 1. The first-order valence-corrected chi connectivity index (χ1v) is 11.1. The quantitative estimate of drug-likeness (QED) is 0.754. The molecule has 0 N–H and O–H groups in total. The minimum Gasteiger partial charge on any atom is -0.496 e. The van der Waals surface area contributed by atoms with Crippen molar-refractivity contribution >= 4 is 5.91 Å². The molecule has 1 aromatic carbocycles. The lowest BCUT2D eigenvalue weighted by molar-refractivity contribution is -0.133. The first-order chi connectivity index (χ1) is 14.5. The molecule has 0 saturated carbocycles. The summed E-state index contributed by atoms with van der Waals surface area (Å²) in [6.07, 6.45) is 5.73. The normalized spacial score (nSPS) is 17.6. The van der Waals surface area contributed by atoms with E-state index < -0.39 is 0 Å². The van der Waals surface area contributed by atoms with E-state index in [2.05, 4.69) is 46.0 Å². The second kappa shape index (κ2) is 9.17. The molecule has 1 fully saturated rings. The zero-order valence-electron chi connectivity index (χ0n) is 18.5. The van der Waals surface area contributed by atoms with Crippen molar-refractivity contribution < 1.29 is 9.53 Å². The van der Waals surface area contributed by atoms with Crippen LogP contribution in [-0.4, -0.2) is 47.4 Å². The third-order valence-electron chi connectivity index (χ3n) is 6.78. The van der Waals surface area contributed by atoms with Crippen LogP contribution in [0.15, 0.2) is 30.5 Å². The largest absolute Gasteiger partial charge is 0.496 e. The summed E-state index contributed by atoms with van der Waals surface area (Å²) in [6.45, 7) is 8.66. The van der Waals surface area contributed by atoms with Gasteiger partial charge in [-0.15, -0.1) is 0 Å². The fraction of sp³-hybridized carbons (Fsp3) is 0.520. The van der Waals surface area contributed by atoms with Crippen LogP contribution in [0.25, 0.3) is 0 Å². The van der Waals surface area contributed by atoms with Crippen LogP contribution < -0.4 is 4.74 Å². The van der Waals surface area contributed by atoms with Gasteiger partial charge in [0.25, 0.3) is 0 Å². The Kier molecular flexibility index (Phi) is 6.38. The first kappa shape index (κ1) is 20.9. The molecule has 1 aromatic heterocycles. The van der Waals surface area contributed by atoms with Crippen LogP contribution in [0.5, 0.6) is 5.75 Å². The number of ether oxygens (including phenoxy) is 1. The van der Waals surface area contributed by atoms with Gasteiger partial charge < -0.3 is 9.64 Å². The zero-order valence-corrected chi connectivity index (χ0v) is 18.5. The summed E-state index contributed by atoms with van der Waals surface area (Å²) in [4.78, 5) is 22.0. The Labute approximate surface area is 180 Å². The van der Waals surface area contributed by atoms with E-state index in [1.54, 1.807) is 7.11 Å². The lowest BCUT2D eigenvalue weighted by Gasteiger charge is -2.34. The van der Waals surface area contributed by atoms with Crippen molar-refractivity contribution in [1.29, 1.82) is 0 Å². The van der Waals surface area contributed by atoms with E-state index in [1.165, 1.54) is 11.1 Å². The fourth-order valence-electron chi connectivity index (χ4n) is 4.88. The highest BCUT2D eigenvalue weighted by Gasteiger charge is 2.26. The average Bonchev–Trinajstić information content (AvgIpc) is 2.77. The van der Waals surface area contributed by atoms with Crippen molar-refractivity contribution in [3.8, 4) is 5.75 Å². The Morgan fingerprint density at radius 1 is 1.13 bits per heavy atom. The molecular formula is C25H33N3O2. The molecule has 1 saturated heterocycles. The smallest absolute Gasteiger partial charge is 0.223 e. The third-order valence-corrected chi connectivity index (χ3v) is 6.78. The van der Waals surface area contributed by atoms with Crippen molar-refractivity contribution in [2.75, 3.05) is 26.7 Å². The van der Waals surface area contributed by atoms with Crippen LogP contribution in [0, 0.1) is 19.8 Å². The number of hydrogen-bond acceptors (Lipinski definition) is 4. The van der Waals surface area contributed by atoms with Crippen LogP contribution in [0.4, 0.5) is 0 Å². The van der Waals surface area contributed by atoms with Crippen molar-refractivity contribution in [2.45, 2.75) is 52.6 Å². The SMILES string of the molecule is COc1c(C)cnc(CN2CCC(CC(=O)N3CCc4ccccc4C3)CC2)c1C. The number of rotatable bonds is 5. The molecule has 2 aliphatic rings. The molecule has 3 heterocycles. The maximum absolute atomic E-state index is 12.9. The van der Waals surface area contributed by atoms with Crippen LogP contribution in [-0.2, 0) is 24.3 Å². The standard InChI is InChI=1S/C25H33N3O2/c1-18-15-26-23(19(2)25(18)30-3)17-27-11-8-20(9-12-27)14-24(29)28-13-10-21-6-4-5-7-22(21)16-28/h4-7,15,20H,8-14,16-17H2,1-3H3. The van der Waals surface area contributed by atoms with Gasteiger partial charge in [-0.3, -0.25) is 14.7 Å². The van der Waals surface area contributed by atoms with Crippen molar-refractivity contribution in [1.82, 2.24) is 14.8 Å². The predicted molar refractivity (Wildman–Crippen MR) is 118 cm³/mol. The molecule has 0 spiro atoms. The second-order valence-electron chi connectivity index (χ2n) is 8.80. The lowest BCUT2D eigenvalue weighted by atomic mass is 9.92. The van der Waals surface area contributed by atoms with Gasteiger partial charge in [-0.1, -0.05) is 24.3 Å². The molecule has 2 aliphatic heterocycles. The number of carbonyl (C=O) groups excluding carboxylic acids is 1. The number of fused-ring (bicyclic) bond motifs is 1. The number of likely N-dealkylation sites (tertiary alicyclic amines) is 1. The number of hydrogen-bond donors (Lipinski definition) is 0. The number of piperidine rings is 1. The van der Waals surface area contributed by atoms with Gasteiger partial charge in [0.2, 0.25) is 5.91 Å². The molecular weight excluding hydrogens is 374 g/mol. The summed E-state index contributed by atoms with van der Waals surface area (Å²) in [6, 6.07) is 8.51. The van der Waals surface area contributed by atoms with Gasteiger partial charge in [-0.25, -0.2) is 0 Å². The number of nitrogens with zero attached hydrogens (tertiary/aromatic N) is 3. The van der Waals surface area contributed by atoms with Crippen molar-refractivity contribution in [2.24, 2.45) is 5.92 Å². The van der Waals surface area contributed by atoms with Crippen molar-refractivity contribution in [3.05, 3.63) is 58.4 Å². The minimum atomic E-state index is 0.323. The van der Waals surface area contributed by atoms with E-state index in [4.69, 9.17) is 4.74 Å². The number of carbonyl (C=O) groups is 1. The zero-order chi connectivity index (χ0) is 21.1. The molecule has 1 amide bonds. The number of methoxy groups -OCH3 is 1. The Morgan fingerprint density at radius 3 is 2.60 bits per heavy atom. The molecule has 0 atom stereocenters. The molecule has 5 nitrogen and oxygen atoms in total. The maximum Gasteiger partial charge on any atom is 0.223 e. The highest BCUT2D eigenvalue weighted by atomic mass is 16.5. The second-order valence-corrected chi connectivity index (χ2v) is 8.80. The maximum atomic E-state index is 12.9. The van der Waals surface area contributed by atoms with Crippen LogP contribution >= 0.6 is 0 Å². The third kappa shape index (κ3) is 4.51. The topological polar surface area (TPSA) is 45.7 Å². The van der Waals surface area contributed by atoms with Gasteiger partial charge in [0.05, 0.1) is 12.8 Å². The van der Waals surface area contributed by atoms with Crippen LogP contribution in [0.3, 0.4) is 0 Å². The Balaban J connectivity index is 1.28. The van der Waals surface area contributed by atoms with E-state index in [-0.39, 0.29) is 0 Å². The molecule has 30 heavy (non-hydrogen) atoms. The van der Waals surface area contributed by atoms with Gasteiger partial charge in [0, 0.05) is 43.4 Å². The predicted octanol–water partition coefficient (Wildman–Crippen LogP) is 3.89. The highest BCUT2D eigenvalue weighted by Crippen LogP contribution is 2.28. The Hall–Kier alpha value is -2.40. The van der Waals surface area contributed by atoms with E-state index in [9.17, 15) is 4.79 Å². The number of amides is 1. The summed E-state index contributed by atoms with van der Waals surface area (Å²) < 4.78 is 5.55. The minimum absolute atomic E-state index is 0.323. The van der Waals surface area contributed by atoms with Crippen molar-refractivity contribution in [3.63, 3.8) is 0 Å². The summed E-state index contributed by atoms with van der Waals surface area (Å²) in [5, 5.41) is 0. The van der Waals surface area contributed by atoms with Gasteiger partial charge in [-0.05, 0) is 63.2 Å². The van der Waals surface area contributed by atoms with E-state index in [1.807, 2.05) is 13.1 Å². The summed E-state index contributed by atoms with van der Waals surface area (Å²) in [7, 11) is 1.72. The summed E-state index contributed by atoms with van der Waals surface area (Å²) in [5.74, 6) is 1.76. The average molecular weight is 408 g/mol. The molecule has 5 heteroatoms. The van der Waals surface area contributed by atoms with E-state index in [0.717, 1.165) is 74.6 Å². The molecule has 4 rings (SSSR count). The van der Waals surface area contributed by atoms with Gasteiger partial charge in [-0.2, -0.15) is 0 Å². The first-order valence-electron chi connectivity index (χ1n) is 11.1. The Morgan fingerprint density at radius 2 is 1.87 bits per heavy atom. The number of aryl methyl sites for hydroxylation is 1. The van der Waals surface area contributed by atoms with Gasteiger partial charge >= 0.3 is 0 Å². The molecule has 0 bridgehead atoms. The molecule has 0 radical (unpaired) electrons. The molecule has 0 unspecified atom stereocenters. The van der Waals surface area contributed by atoms with Crippen LogP contribution in [0.1, 0.15) is 47.2 Å². The highest BCUT2D eigenvalue weighted by molar-refractivity contribution is 5.76. The lowest BCUT2D eigenvalue weighted by Crippen LogP contribution is -2.39. The number of pyridine rings is 1. The monoisotopic (exact) mass is 407 g/mol. The molecule has 0 aliphatic carbocycles. The summed E-state index contributed by atoms with van der Waals surface area (Å²) >= 11 is 0. The van der Waals surface area contributed by atoms with Crippen LogP contribution in [0.2, 0.25) is 0 Å². The van der Waals surface area contributed by atoms with Gasteiger partial charge in [0.15, 0.2) is 0 Å². The fourth-order valence-corrected chi connectivity index (χ4v) is 4.88. The summed E-state index contributed by atoms with van der Waals surface area (Å²) in [5.41, 5.74) is 6.02. The molecule has 160 valence electrons. The van der Waals surface area contributed by atoms with Gasteiger partial charge in [0.1, 0.15) is 5.75 Å². The van der Waals surface area contributed by atoms with E-state index in [0.29, 0.717) is 18.2 Å². The number of benzene rings is 1. The molecule has 2 aromatic rings. The van der Waals surface area contributed by atoms with E-state index >= 15 is 0 Å². The Bertz CT molecular complexity index is 903.